The second-order valence-corrected chi connectivity index (χ2v) is 8.29. The van der Waals surface area contributed by atoms with E-state index < -0.39 is 0 Å². The Kier molecular flexibility index (Phi) is 4.56. The smallest absolute Gasteiger partial charge is 0.186 e. The van der Waals surface area contributed by atoms with Gasteiger partial charge in [0.25, 0.3) is 0 Å². The highest BCUT2D eigenvalue weighted by molar-refractivity contribution is 9.11. The normalized spacial score (nSPS) is 28.2. The van der Waals surface area contributed by atoms with Crippen LogP contribution in [-0.2, 0) is 4.74 Å². The third kappa shape index (κ3) is 2.90. The Morgan fingerprint density at radius 1 is 1.04 bits per heavy atom. The van der Waals surface area contributed by atoms with Gasteiger partial charge in [0.15, 0.2) is 5.72 Å². The summed E-state index contributed by atoms with van der Waals surface area (Å²) in [5, 5.41) is 0. The highest BCUT2D eigenvalue weighted by Crippen LogP contribution is 2.48. The van der Waals surface area contributed by atoms with Crippen LogP contribution in [0, 0.1) is 0 Å². The lowest BCUT2D eigenvalue weighted by atomic mass is 9.90. The minimum Gasteiger partial charge on any atom is -0.467 e. The quantitative estimate of drug-likeness (QED) is 0.612. The van der Waals surface area contributed by atoms with E-state index in [-0.39, 0.29) is 5.72 Å². The molecule has 1 saturated heterocycles. The summed E-state index contributed by atoms with van der Waals surface area (Å²) in [5.41, 5.74) is 2.34. The van der Waals surface area contributed by atoms with E-state index in [1.165, 1.54) is 30.4 Å². The maximum atomic E-state index is 6.76. The van der Waals surface area contributed by atoms with Crippen LogP contribution in [0.3, 0.4) is 0 Å². The summed E-state index contributed by atoms with van der Waals surface area (Å²) >= 11 is 7.28. The highest BCUT2D eigenvalue weighted by atomic mass is 79.9. The Morgan fingerprint density at radius 3 is 2.70 bits per heavy atom. The molecule has 0 unspecified atom stereocenters. The molecule has 1 aromatic carbocycles. The molecule has 1 aromatic rings. The van der Waals surface area contributed by atoms with Crippen molar-refractivity contribution in [1.29, 1.82) is 0 Å². The molecular formula is C18H21Br2NO2. The first-order valence-corrected chi connectivity index (χ1v) is 9.99. The van der Waals surface area contributed by atoms with Crippen molar-refractivity contribution < 1.29 is 9.47 Å². The number of morpholine rings is 1. The second kappa shape index (κ2) is 6.51. The van der Waals surface area contributed by atoms with Gasteiger partial charge in [0, 0.05) is 29.5 Å². The van der Waals surface area contributed by atoms with Gasteiger partial charge >= 0.3 is 0 Å². The second-order valence-electron chi connectivity index (χ2n) is 6.52. The molecule has 4 rings (SSSR count). The van der Waals surface area contributed by atoms with Crippen LogP contribution >= 0.6 is 31.9 Å². The number of benzene rings is 1. The van der Waals surface area contributed by atoms with E-state index in [4.69, 9.17) is 9.47 Å². The zero-order chi connectivity index (χ0) is 15.9. The van der Waals surface area contributed by atoms with Gasteiger partial charge in [-0.3, -0.25) is 4.90 Å². The van der Waals surface area contributed by atoms with E-state index in [1.807, 2.05) is 0 Å². The number of nitrogens with zero attached hydrogens (tertiary/aromatic N) is 1. The Morgan fingerprint density at radius 2 is 1.87 bits per heavy atom. The predicted octanol–water partition coefficient (Wildman–Crippen LogP) is 4.98. The third-order valence-corrected chi connectivity index (χ3v) is 6.17. The topological polar surface area (TPSA) is 21.7 Å². The minimum atomic E-state index is -0.274. The van der Waals surface area contributed by atoms with Crippen LogP contribution in [0.4, 0.5) is 0 Å². The number of ether oxygens (including phenoxy) is 2. The van der Waals surface area contributed by atoms with Gasteiger partial charge in [-0.05, 0) is 59.0 Å². The molecule has 1 atom stereocenters. The van der Waals surface area contributed by atoms with Crippen LogP contribution in [0.15, 0.2) is 26.7 Å². The standard InChI is InChI=1S/C18H21Br2NO2/c19-15-11-13-10-14-4-2-1-3-5-18(14,21-6-8-22-9-7-21)23-17(13)16(20)12-15/h10-12H,1-9H2/t18-/m1/s1. The first-order valence-electron chi connectivity index (χ1n) is 8.41. The molecule has 124 valence electrons. The van der Waals surface area contributed by atoms with Crippen molar-refractivity contribution in [3.63, 3.8) is 0 Å². The Hall–Kier alpha value is -0.360. The molecule has 1 saturated carbocycles. The number of hydrogen-bond donors (Lipinski definition) is 0. The van der Waals surface area contributed by atoms with Gasteiger partial charge in [-0.2, -0.15) is 0 Å². The third-order valence-electron chi connectivity index (χ3n) is 5.12. The van der Waals surface area contributed by atoms with Crippen molar-refractivity contribution in [3.8, 4) is 5.75 Å². The van der Waals surface area contributed by atoms with Gasteiger partial charge in [-0.25, -0.2) is 0 Å². The summed E-state index contributed by atoms with van der Waals surface area (Å²) in [5.74, 6) is 0.977. The van der Waals surface area contributed by atoms with E-state index in [0.717, 1.165) is 53.8 Å². The molecule has 0 radical (unpaired) electrons. The fourth-order valence-corrected chi connectivity index (χ4v) is 5.36. The van der Waals surface area contributed by atoms with E-state index >= 15 is 0 Å². The predicted molar refractivity (Wildman–Crippen MR) is 98.7 cm³/mol. The van der Waals surface area contributed by atoms with Gasteiger partial charge in [-0.15, -0.1) is 0 Å². The van der Waals surface area contributed by atoms with E-state index in [1.54, 1.807) is 0 Å². The molecule has 5 heteroatoms. The lowest BCUT2D eigenvalue weighted by Gasteiger charge is -2.48. The monoisotopic (exact) mass is 441 g/mol. The fourth-order valence-electron chi connectivity index (χ4n) is 4.02. The summed E-state index contributed by atoms with van der Waals surface area (Å²) in [6.45, 7) is 3.49. The lowest BCUT2D eigenvalue weighted by Crippen LogP contribution is -2.58. The number of halogens is 2. The van der Waals surface area contributed by atoms with Gasteiger partial charge < -0.3 is 9.47 Å². The van der Waals surface area contributed by atoms with Crippen molar-refractivity contribution in [2.75, 3.05) is 26.3 Å². The van der Waals surface area contributed by atoms with E-state index in [2.05, 4.69) is 55.0 Å². The molecule has 0 bridgehead atoms. The van der Waals surface area contributed by atoms with Gasteiger partial charge in [0.05, 0.1) is 17.7 Å². The molecular weight excluding hydrogens is 422 g/mol. The van der Waals surface area contributed by atoms with Crippen molar-refractivity contribution in [1.82, 2.24) is 4.90 Å². The molecule has 2 aliphatic heterocycles. The van der Waals surface area contributed by atoms with Crippen molar-refractivity contribution >= 4 is 37.9 Å². The minimum absolute atomic E-state index is 0.274. The van der Waals surface area contributed by atoms with Crippen molar-refractivity contribution in [2.45, 2.75) is 37.8 Å². The number of fused-ring (bicyclic) bond motifs is 2. The molecule has 0 N–H and O–H groups in total. The summed E-state index contributed by atoms with van der Waals surface area (Å²) in [6, 6.07) is 4.22. The molecule has 0 aromatic heterocycles. The van der Waals surface area contributed by atoms with Gasteiger partial charge in [-0.1, -0.05) is 22.4 Å². The van der Waals surface area contributed by atoms with Crippen LogP contribution in [-0.4, -0.2) is 36.9 Å². The van der Waals surface area contributed by atoms with Crippen LogP contribution in [0.1, 0.15) is 37.7 Å². The molecule has 3 nitrogen and oxygen atoms in total. The first kappa shape index (κ1) is 16.1. The molecule has 2 fully saturated rings. The van der Waals surface area contributed by atoms with Crippen molar-refractivity contribution in [3.05, 3.63) is 32.2 Å². The van der Waals surface area contributed by atoms with E-state index in [9.17, 15) is 0 Å². The van der Waals surface area contributed by atoms with Gasteiger partial charge in [0.1, 0.15) is 5.75 Å². The zero-order valence-corrected chi connectivity index (χ0v) is 16.3. The van der Waals surface area contributed by atoms with E-state index in [0.29, 0.717) is 0 Å². The average molecular weight is 443 g/mol. The zero-order valence-electron chi connectivity index (χ0n) is 13.1. The van der Waals surface area contributed by atoms with Crippen LogP contribution < -0.4 is 4.74 Å². The molecule has 2 heterocycles. The van der Waals surface area contributed by atoms with Crippen molar-refractivity contribution in [2.24, 2.45) is 0 Å². The first-order chi connectivity index (χ1) is 11.2. The molecule has 0 spiro atoms. The Labute approximate surface area is 154 Å². The molecule has 3 aliphatic rings. The largest absolute Gasteiger partial charge is 0.467 e. The molecule has 0 amide bonds. The fraction of sp³-hybridized carbons (Fsp3) is 0.556. The van der Waals surface area contributed by atoms with Crippen LogP contribution in [0.2, 0.25) is 0 Å². The van der Waals surface area contributed by atoms with Crippen LogP contribution in [0.25, 0.3) is 6.08 Å². The maximum Gasteiger partial charge on any atom is 0.186 e. The Balaban J connectivity index is 1.81. The number of hydrogen-bond acceptors (Lipinski definition) is 3. The molecule has 1 aliphatic carbocycles. The number of rotatable bonds is 1. The van der Waals surface area contributed by atoms with Crippen LogP contribution in [0.5, 0.6) is 5.75 Å². The average Bonchev–Trinajstić information content (AvgIpc) is 2.77. The summed E-state index contributed by atoms with van der Waals surface area (Å²) < 4.78 is 14.4. The maximum absolute atomic E-state index is 6.76. The summed E-state index contributed by atoms with van der Waals surface area (Å²) in [7, 11) is 0. The Bertz CT molecular complexity index is 640. The SMILES string of the molecule is Brc1cc(Br)c2c(c1)C=C1CCCCC[C@@]1(N1CCOCC1)O2. The lowest BCUT2D eigenvalue weighted by molar-refractivity contribution is -0.105. The summed E-state index contributed by atoms with van der Waals surface area (Å²) in [4.78, 5) is 2.51. The highest BCUT2D eigenvalue weighted by Gasteiger charge is 2.46. The molecule has 23 heavy (non-hydrogen) atoms. The van der Waals surface area contributed by atoms with Gasteiger partial charge in [0.2, 0.25) is 0 Å². The summed E-state index contributed by atoms with van der Waals surface area (Å²) in [6.07, 6.45) is 8.33.